The van der Waals surface area contributed by atoms with E-state index in [-0.39, 0.29) is 0 Å². The van der Waals surface area contributed by atoms with Crippen LogP contribution in [0.25, 0.3) is 17.0 Å². The molecule has 1 aromatic carbocycles. The van der Waals surface area contributed by atoms with Crippen molar-refractivity contribution in [1.82, 2.24) is 4.98 Å². The van der Waals surface area contributed by atoms with Gasteiger partial charge in [-0.15, -0.1) is 0 Å². The highest BCUT2D eigenvalue weighted by Crippen LogP contribution is 2.22. The van der Waals surface area contributed by atoms with Crippen LogP contribution in [0.5, 0.6) is 5.88 Å². The van der Waals surface area contributed by atoms with Crippen LogP contribution < -0.4 is 9.84 Å². The third-order valence-electron chi connectivity index (χ3n) is 2.31. The first-order chi connectivity index (χ1) is 8.20. The Morgan fingerprint density at radius 1 is 1.41 bits per heavy atom. The van der Waals surface area contributed by atoms with E-state index in [4.69, 9.17) is 4.74 Å². The lowest BCUT2D eigenvalue weighted by molar-refractivity contribution is -0.297. The van der Waals surface area contributed by atoms with Gasteiger partial charge in [-0.1, -0.05) is 18.2 Å². The molecule has 0 aliphatic heterocycles. The Hall–Kier alpha value is -2.36. The number of para-hydroxylation sites is 1. The lowest BCUT2D eigenvalue weighted by atomic mass is 10.1. The number of carboxylic acids is 1. The van der Waals surface area contributed by atoms with E-state index in [0.717, 1.165) is 17.0 Å². The summed E-state index contributed by atoms with van der Waals surface area (Å²) >= 11 is 0. The molecule has 0 saturated heterocycles. The van der Waals surface area contributed by atoms with E-state index < -0.39 is 5.97 Å². The van der Waals surface area contributed by atoms with E-state index in [1.165, 1.54) is 13.2 Å². The Morgan fingerprint density at radius 3 is 2.88 bits per heavy atom. The Labute approximate surface area is 98.2 Å². The Bertz CT molecular complexity index is 590. The van der Waals surface area contributed by atoms with Gasteiger partial charge in [0.1, 0.15) is 0 Å². The minimum atomic E-state index is -1.25. The molecule has 0 amide bonds. The molecule has 0 unspecified atom stereocenters. The second kappa shape index (κ2) is 4.65. The predicted octanol–water partition coefficient (Wildman–Crippen LogP) is 1.01. The van der Waals surface area contributed by atoms with E-state index in [9.17, 15) is 9.90 Å². The zero-order chi connectivity index (χ0) is 12.3. The number of hydrogen-bond donors (Lipinski definition) is 0. The van der Waals surface area contributed by atoms with Crippen LogP contribution in [-0.2, 0) is 4.79 Å². The number of pyridine rings is 1. The van der Waals surface area contributed by atoms with Crippen molar-refractivity contribution in [2.45, 2.75) is 0 Å². The summed E-state index contributed by atoms with van der Waals surface area (Å²) in [6.45, 7) is 0. The van der Waals surface area contributed by atoms with Crippen molar-refractivity contribution in [3.05, 3.63) is 42.0 Å². The number of carbonyl (C=O) groups is 1. The molecule has 0 bridgehead atoms. The lowest BCUT2D eigenvalue weighted by Gasteiger charge is -2.06. The standard InChI is InChI=1S/C13H11NO3/c1-17-13-10(6-7-12(15)16)8-9-4-2-3-5-11(9)14-13/h2-8H,1H3,(H,15,16)/p-1/b7-6+. The highest BCUT2D eigenvalue weighted by Gasteiger charge is 2.03. The van der Waals surface area contributed by atoms with E-state index in [1.54, 1.807) is 0 Å². The smallest absolute Gasteiger partial charge is 0.221 e. The summed E-state index contributed by atoms with van der Waals surface area (Å²) in [6, 6.07) is 9.36. The molecule has 17 heavy (non-hydrogen) atoms. The summed E-state index contributed by atoms with van der Waals surface area (Å²) in [7, 11) is 1.49. The first kappa shape index (κ1) is 11.1. The molecular weight excluding hydrogens is 218 g/mol. The molecule has 2 rings (SSSR count). The van der Waals surface area contributed by atoms with Gasteiger partial charge in [0.15, 0.2) is 0 Å². The average molecular weight is 228 g/mol. The fourth-order valence-electron chi connectivity index (χ4n) is 1.56. The van der Waals surface area contributed by atoms with Gasteiger partial charge in [-0.2, -0.15) is 0 Å². The van der Waals surface area contributed by atoms with Gasteiger partial charge in [0.2, 0.25) is 5.88 Å². The van der Waals surface area contributed by atoms with Gasteiger partial charge < -0.3 is 14.6 Å². The summed E-state index contributed by atoms with van der Waals surface area (Å²) in [6.07, 6.45) is 2.36. The van der Waals surface area contributed by atoms with E-state index in [0.29, 0.717) is 11.4 Å². The minimum Gasteiger partial charge on any atom is -0.545 e. The van der Waals surface area contributed by atoms with E-state index in [2.05, 4.69) is 4.98 Å². The molecule has 0 radical (unpaired) electrons. The molecular formula is C13H10NO3-. The Kier molecular flexibility index (Phi) is 3.05. The van der Waals surface area contributed by atoms with Gasteiger partial charge in [0, 0.05) is 10.9 Å². The maximum atomic E-state index is 10.4. The molecule has 0 N–H and O–H groups in total. The van der Waals surface area contributed by atoms with Crippen LogP contribution in [0.4, 0.5) is 0 Å². The van der Waals surface area contributed by atoms with E-state index in [1.807, 2.05) is 30.3 Å². The van der Waals surface area contributed by atoms with Crippen molar-refractivity contribution in [2.24, 2.45) is 0 Å². The van der Waals surface area contributed by atoms with Gasteiger partial charge >= 0.3 is 0 Å². The Balaban J connectivity index is 2.56. The van der Waals surface area contributed by atoms with Crippen molar-refractivity contribution in [1.29, 1.82) is 0 Å². The number of hydrogen-bond acceptors (Lipinski definition) is 4. The number of methoxy groups -OCH3 is 1. The third-order valence-corrected chi connectivity index (χ3v) is 2.31. The first-order valence-electron chi connectivity index (χ1n) is 5.03. The van der Waals surface area contributed by atoms with Crippen LogP contribution >= 0.6 is 0 Å². The molecule has 0 aliphatic carbocycles. The number of carbonyl (C=O) groups excluding carboxylic acids is 1. The SMILES string of the molecule is COc1nc2ccccc2cc1/C=C/C(=O)[O-]. The zero-order valence-electron chi connectivity index (χ0n) is 9.21. The molecule has 86 valence electrons. The van der Waals surface area contributed by atoms with Crippen LogP contribution in [0.2, 0.25) is 0 Å². The van der Waals surface area contributed by atoms with Gasteiger partial charge in [0.25, 0.3) is 0 Å². The average Bonchev–Trinajstić information content (AvgIpc) is 2.35. The molecule has 0 aliphatic rings. The highest BCUT2D eigenvalue weighted by atomic mass is 16.5. The number of fused-ring (bicyclic) bond motifs is 1. The summed E-state index contributed by atoms with van der Waals surface area (Å²) in [5.74, 6) is -0.860. The fourth-order valence-corrected chi connectivity index (χ4v) is 1.56. The quantitative estimate of drug-likeness (QED) is 0.735. The minimum absolute atomic E-state index is 0.390. The second-order valence-electron chi connectivity index (χ2n) is 3.43. The molecule has 0 saturated carbocycles. The van der Waals surface area contributed by atoms with Crippen LogP contribution in [0.1, 0.15) is 5.56 Å². The summed E-state index contributed by atoms with van der Waals surface area (Å²) < 4.78 is 5.11. The molecule has 4 nitrogen and oxygen atoms in total. The molecule has 4 heteroatoms. The molecule has 0 atom stereocenters. The second-order valence-corrected chi connectivity index (χ2v) is 3.43. The van der Waals surface area contributed by atoms with Crippen molar-refractivity contribution >= 4 is 22.9 Å². The van der Waals surface area contributed by atoms with Crippen LogP contribution in [0.15, 0.2) is 36.4 Å². The van der Waals surface area contributed by atoms with E-state index >= 15 is 0 Å². The van der Waals surface area contributed by atoms with Crippen molar-refractivity contribution in [2.75, 3.05) is 7.11 Å². The zero-order valence-corrected chi connectivity index (χ0v) is 9.21. The lowest BCUT2D eigenvalue weighted by Crippen LogP contribution is -2.18. The normalized spacial score (nSPS) is 10.9. The molecule has 2 aromatic rings. The number of aromatic nitrogens is 1. The number of ether oxygens (including phenoxy) is 1. The van der Waals surface area contributed by atoms with Gasteiger partial charge in [-0.25, -0.2) is 4.98 Å². The topological polar surface area (TPSA) is 62.2 Å². The third kappa shape index (κ3) is 2.42. The highest BCUT2D eigenvalue weighted by molar-refractivity contribution is 5.87. The van der Waals surface area contributed by atoms with Crippen molar-refractivity contribution in [3.63, 3.8) is 0 Å². The number of aliphatic carboxylic acids is 1. The van der Waals surface area contributed by atoms with Gasteiger partial charge in [0.05, 0.1) is 18.6 Å². The van der Waals surface area contributed by atoms with Gasteiger partial charge in [-0.3, -0.25) is 0 Å². The fraction of sp³-hybridized carbons (Fsp3) is 0.0769. The molecule has 0 spiro atoms. The number of carboxylic acid groups (broad SMARTS) is 1. The molecule has 0 fully saturated rings. The molecule has 1 aromatic heterocycles. The maximum absolute atomic E-state index is 10.4. The summed E-state index contributed by atoms with van der Waals surface area (Å²) in [5, 5.41) is 11.3. The first-order valence-corrected chi connectivity index (χ1v) is 5.03. The predicted molar refractivity (Wildman–Crippen MR) is 62.3 cm³/mol. The van der Waals surface area contributed by atoms with Crippen molar-refractivity contribution in [3.8, 4) is 5.88 Å². The Morgan fingerprint density at radius 2 is 2.18 bits per heavy atom. The van der Waals surface area contributed by atoms with Gasteiger partial charge in [-0.05, 0) is 24.3 Å². The number of benzene rings is 1. The van der Waals surface area contributed by atoms with Crippen LogP contribution in [0, 0.1) is 0 Å². The van der Waals surface area contributed by atoms with Crippen LogP contribution in [-0.4, -0.2) is 18.1 Å². The monoisotopic (exact) mass is 228 g/mol. The number of rotatable bonds is 3. The summed E-state index contributed by atoms with van der Waals surface area (Å²) in [4.78, 5) is 14.7. The maximum Gasteiger partial charge on any atom is 0.221 e. The largest absolute Gasteiger partial charge is 0.545 e. The van der Waals surface area contributed by atoms with Crippen molar-refractivity contribution < 1.29 is 14.6 Å². The number of nitrogens with zero attached hydrogens (tertiary/aromatic N) is 1. The summed E-state index contributed by atoms with van der Waals surface area (Å²) in [5.41, 5.74) is 1.41. The van der Waals surface area contributed by atoms with Crippen LogP contribution in [0.3, 0.4) is 0 Å². The molecule has 1 heterocycles.